The first-order chi connectivity index (χ1) is 5.68. The van der Waals surface area contributed by atoms with E-state index < -0.39 is 0 Å². The number of rotatable bonds is 7. The predicted molar refractivity (Wildman–Crippen MR) is 51.0 cm³/mol. The summed E-state index contributed by atoms with van der Waals surface area (Å²) in [6.45, 7) is 4.73. The van der Waals surface area contributed by atoms with Crippen molar-refractivity contribution in [2.75, 3.05) is 13.2 Å². The molecule has 0 fully saturated rings. The second kappa shape index (κ2) is 6.44. The van der Waals surface area contributed by atoms with E-state index in [-0.39, 0.29) is 18.6 Å². The molecule has 0 saturated heterocycles. The lowest BCUT2D eigenvalue weighted by Crippen LogP contribution is -2.21. The average molecular weight is 174 g/mol. The van der Waals surface area contributed by atoms with Gasteiger partial charge in [-0.3, -0.25) is 0 Å². The summed E-state index contributed by atoms with van der Waals surface area (Å²) in [6, 6.07) is 0. The van der Waals surface area contributed by atoms with Gasteiger partial charge in [-0.2, -0.15) is 0 Å². The Morgan fingerprint density at radius 3 is 2.08 bits per heavy atom. The van der Waals surface area contributed by atoms with Crippen molar-refractivity contribution in [3.05, 3.63) is 0 Å². The number of aliphatic hydroxyl groups excluding tert-OH is 2. The number of aliphatic hydroxyl groups is 2. The SMILES string of the molecule is CCCCC(C)(CO)CCCO. The number of hydrogen-bond donors (Lipinski definition) is 2. The van der Waals surface area contributed by atoms with E-state index >= 15 is 0 Å². The van der Waals surface area contributed by atoms with Crippen LogP contribution in [0.15, 0.2) is 0 Å². The third kappa shape index (κ3) is 4.73. The van der Waals surface area contributed by atoms with Crippen LogP contribution in [0, 0.1) is 5.41 Å². The molecule has 0 spiro atoms. The molecule has 1 unspecified atom stereocenters. The van der Waals surface area contributed by atoms with Gasteiger partial charge in [0.15, 0.2) is 0 Å². The van der Waals surface area contributed by atoms with Gasteiger partial charge in [0.2, 0.25) is 0 Å². The number of hydrogen-bond acceptors (Lipinski definition) is 2. The van der Waals surface area contributed by atoms with Crippen LogP contribution in [0.25, 0.3) is 0 Å². The minimum atomic E-state index is 0.0404. The Morgan fingerprint density at radius 2 is 1.67 bits per heavy atom. The second-order valence-electron chi connectivity index (χ2n) is 3.90. The van der Waals surface area contributed by atoms with Crippen molar-refractivity contribution in [2.45, 2.75) is 46.0 Å². The van der Waals surface area contributed by atoms with E-state index in [2.05, 4.69) is 13.8 Å². The summed E-state index contributed by atoms with van der Waals surface area (Å²) in [5.74, 6) is 0. The lowest BCUT2D eigenvalue weighted by atomic mass is 9.81. The largest absolute Gasteiger partial charge is 0.396 e. The van der Waals surface area contributed by atoms with Crippen molar-refractivity contribution in [1.82, 2.24) is 0 Å². The molecule has 0 bridgehead atoms. The molecule has 0 rings (SSSR count). The molecule has 0 aromatic rings. The monoisotopic (exact) mass is 174 g/mol. The third-order valence-electron chi connectivity index (χ3n) is 2.45. The Morgan fingerprint density at radius 1 is 1.08 bits per heavy atom. The quantitative estimate of drug-likeness (QED) is 0.619. The van der Waals surface area contributed by atoms with Crippen molar-refractivity contribution >= 4 is 0 Å². The van der Waals surface area contributed by atoms with Gasteiger partial charge in [-0.1, -0.05) is 26.7 Å². The highest BCUT2D eigenvalue weighted by Gasteiger charge is 2.21. The van der Waals surface area contributed by atoms with Crippen LogP contribution < -0.4 is 0 Å². The normalized spacial score (nSPS) is 16.0. The predicted octanol–water partition coefficient (Wildman–Crippen LogP) is 1.95. The maximum absolute atomic E-state index is 9.16. The molecule has 0 radical (unpaired) electrons. The molecule has 2 nitrogen and oxygen atoms in total. The standard InChI is InChI=1S/C10H22O2/c1-3-4-6-10(2,9-12)7-5-8-11/h11-12H,3-9H2,1-2H3. The average Bonchev–Trinajstić information content (AvgIpc) is 2.11. The van der Waals surface area contributed by atoms with E-state index in [1.54, 1.807) is 0 Å². The first kappa shape index (κ1) is 11.9. The molecular formula is C10H22O2. The second-order valence-corrected chi connectivity index (χ2v) is 3.90. The molecule has 12 heavy (non-hydrogen) atoms. The molecule has 0 aliphatic carbocycles. The maximum Gasteiger partial charge on any atom is 0.0484 e. The van der Waals surface area contributed by atoms with Crippen LogP contribution in [0.5, 0.6) is 0 Å². The summed E-state index contributed by atoms with van der Waals surface area (Å²) in [4.78, 5) is 0. The van der Waals surface area contributed by atoms with Gasteiger partial charge in [0.1, 0.15) is 0 Å². The van der Waals surface area contributed by atoms with Crippen molar-refractivity contribution in [3.63, 3.8) is 0 Å². The van der Waals surface area contributed by atoms with Gasteiger partial charge in [0.05, 0.1) is 0 Å². The molecule has 0 saturated carbocycles. The Bertz CT molecular complexity index is 94.0. The van der Waals surface area contributed by atoms with Crippen molar-refractivity contribution < 1.29 is 10.2 Å². The Labute approximate surface area is 75.6 Å². The lowest BCUT2D eigenvalue weighted by Gasteiger charge is -2.26. The summed E-state index contributed by atoms with van der Waals surface area (Å²) in [6.07, 6.45) is 5.15. The topological polar surface area (TPSA) is 40.5 Å². The highest BCUT2D eigenvalue weighted by Crippen LogP contribution is 2.28. The summed E-state index contributed by atoms with van der Waals surface area (Å²) in [7, 11) is 0. The van der Waals surface area contributed by atoms with Crippen molar-refractivity contribution in [1.29, 1.82) is 0 Å². The number of unbranched alkanes of at least 4 members (excludes halogenated alkanes) is 1. The van der Waals surface area contributed by atoms with Crippen LogP contribution in [0.3, 0.4) is 0 Å². The van der Waals surface area contributed by atoms with Gasteiger partial charge in [-0.05, 0) is 24.7 Å². The van der Waals surface area contributed by atoms with E-state index in [0.29, 0.717) is 0 Å². The Balaban J connectivity index is 3.70. The van der Waals surface area contributed by atoms with E-state index in [0.717, 1.165) is 19.3 Å². The van der Waals surface area contributed by atoms with Gasteiger partial charge >= 0.3 is 0 Å². The van der Waals surface area contributed by atoms with E-state index in [1.807, 2.05) is 0 Å². The zero-order valence-electron chi connectivity index (χ0n) is 8.34. The first-order valence-corrected chi connectivity index (χ1v) is 4.90. The van der Waals surface area contributed by atoms with Crippen molar-refractivity contribution in [3.8, 4) is 0 Å². The molecule has 74 valence electrons. The van der Waals surface area contributed by atoms with Gasteiger partial charge in [-0.25, -0.2) is 0 Å². The van der Waals surface area contributed by atoms with Crippen LogP contribution in [0.4, 0.5) is 0 Å². The zero-order valence-corrected chi connectivity index (χ0v) is 8.34. The molecule has 0 aliphatic heterocycles. The van der Waals surface area contributed by atoms with E-state index in [1.165, 1.54) is 12.8 Å². The summed E-state index contributed by atoms with van der Waals surface area (Å²) in [5, 5.41) is 17.8. The molecule has 1 atom stereocenters. The van der Waals surface area contributed by atoms with Gasteiger partial charge < -0.3 is 10.2 Å². The fourth-order valence-electron chi connectivity index (χ4n) is 1.39. The van der Waals surface area contributed by atoms with Gasteiger partial charge in [0, 0.05) is 13.2 Å². The van der Waals surface area contributed by atoms with Gasteiger partial charge in [-0.15, -0.1) is 0 Å². The summed E-state index contributed by atoms with van der Waals surface area (Å²) < 4.78 is 0. The van der Waals surface area contributed by atoms with E-state index in [9.17, 15) is 0 Å². The Kier molecular flexibility index (Phi) is 6.39. The smallest absolute Gasteiger partial charge is 0.0484 e. The minimum absolute atomic E-state index is 0.0404. The molecular weight excluding hydrogens is 152 g/mol. The highest BCUT2D eigenvalue weighted by atomic mass is 16.3. The van der Waals surface area contributed by atoms with Crippen LogP contribution in [-0.2, 0) is 0 Å². The van der Waals surface area contributed by atoms with Crippen LogP contribution in [-0.4, -0.2) is 23.4 Å². The fraction of sp³-hybridized carbons (Fsp3) is 1.00. The summed E-state index contributed by atoms with van der Waals surface area (Å²) >= 11 is 0. The maximum atomic E-state index is 9.16. The van der Waals surface area contributed by atoms with Crippen LogP contribution in [0.2, 0.25) is 0 Å². The molecule has 2 N–H and O–H groups in total. The van der Waals surface area contributed by atoms with E-state index in [4.69, 9.17) is 10.2 Å². The highest BCUT2D eigenvalue weighted by molar-refractivity contribution is 4.72. The van der Waals surface area contributed by atoms with Crippen LogP contribution >= 0.6 is 0 Å². The molecule has 2 heteroatoms. The molecule has 0 heterocycles. The summed E-state index contributed by atoms with van der Waals surface area (Å²) in [5.41, 5.74) is 0.0404. The fourth-order valence-corrected chi connectivity index (χ4v) is 1.39. The van der Waals surface area contributed by atoms with Crippen molar-refractivity contribution in [2.24, 2.45) is 5.41 Å². The molecule has 0 aromatic heterocycles. The molecule has 0 amide bonds. The first-order valence-electron chi connectivity index (χ1n) is 4.90. The molecule has 0 aromatic carbocycles. The zero-order chi connectivity index (χ0) is 9.45. The van der Waals surface area contributed by atoms with Gasteiger partial charge in [0.25, 0.3) is 0 Å². The molecule has 0 aliphatic rings. The minimum Gasteiger partial charge on any atom is -0.396 e. The Hall–Kier alpha value is -0.0800. The van der Waals surface area contributed by atoms with Crippen LogP contribution in [0.1, 0.15) is 46.0 Å². The third-order valence-corrected chi connectivity index (χ3v) is 2.45. The lowest BCUT2D eigenvalue weighted by molar-refractivity contribution is 0.110.